The van der Waals surface area contributed by atoms with Crippen LogP contribution >= 0.6 is 0 Å². The maximum Gasteiger partial charge on any atom is 1.00 e. The van der Waals surface area contributed by atoms with Crippen molar-refractivity contribution in [2.45, 2.75) is 20.8 Å². The van der Waals surface area contributed by atoms with Gasteiger partial charge in [0.2, 0.25) is 0 Å². The van der Waals surface area contributed by atoms with Crippen molar-refractivity contribution >= 4 is 0 Å². The summed E-state index contributed by atoms with van der Waals surface area (Å²) in [5.41, 5.74) is 4.25. The molecule has 0 aliphatic rings. The van der Waals surface area contributed by atoms with Crippen LogP contribution < -0.4 is 51.4 Å². The van der Waals surface area contributed by atoms with Crippen molar-refractivity contribution < 1.29 is 51.4 Å². The molecule has 1 aromatic carbocycles. The first-order valence-electron chi connectivity index (χ1n) is 2.91. The molecule has 0 fully saturated rings. The molecular formula is C8H11K. The number of hydrogen-bond donors (Lipinski definition) is 0. The molecule has 0 radical (unpaired) electrons. The first-order valence-corrected chi connectivity index (χ1v) is 2.91. The van der Waals surface area contributed by atoms with Crippen LogP contribution in [0.5, 0.6) is 0 Å². The second-order valence-corrected chi connectivity index (χ2v) is 2.32. The number of hydrogen-bond acceptors (Lipinski definition) is 0. The van der Waals surface area contributed by atoms with Crippen molar-refractivity contribution in [3.8, 4) is 0 Å². The average Bonchev–Trinajstić information content (AvgIpc) is 1.98. The fourth-order valence-electron chi connectivity index (χ4n) is 0.811. The summed E-state index contributed by atoms with van der Waals surface area (Å²) in [6, 6.07) is 4.31. The molecule has 1 heteroatoms. The second-order valence-electron chi connectivity index (χ2n) is 2.32. The fourth-order valence-corrected chi connectivity index (χ4v) is 0.811. The molecule has 0 unspecified atom stereocenters. The molecule has 0 nitrogen and oxygen atoms in total. The Morgan fingerprint density at radius 1 is 1.33 bits per heavy atom. The van der Waals surface area contributed by atoms with Gasteiger partial charge in [-0.2, -0.15) is 22.8 Å². The van der Waals surface area contributed by atoms with Gasteiger partial charge in [0.05, 0.1) is 0 Å². The molecule has 1 aromatic rings. The molecule has 0 atom stereocenters. The molecule has 0 saturated carbocycles. The van der Waals surface area contributed by atoms with Gasteiger partial charge in [0.15, 0.2) is 0 Å². The van der Waals surface area contributed by atoms with Gasteiger partial charge in [0.1, 0.15) is 0 Å². The van der Waals surface area contributed by atoms with Crippen LogP contribution in [-0.2, 0) is 0 Å². The Labute approximate surface area is 99.4 Å². The quantitative estimate of drug-likeness (QED) is 0.336. The molecule has 0 heterocycles. The van der Waals surface area contributed by atoms with Gasteiger partial charge in [-0.1, -0.05) is 20.8 Å². The van der Waals surface area contributed by atoms with Gasteiger partial charge in [0, 0.05) is 0 Å². The first kappa shape index (κ1) is 9.99. The van der Waals surface area contributed by atoms with Crippen LogP contribution in [0.2, 0.25) is 0 Å². The summed E-state index contributed by atoms with van der Waals surface area (Å²) in [7, 11) is 0. The fraction of sp³-hybridized carbons (Fsp3) is 0.375. The van der Waals surface area contributed by atoms with Crippen molar-refractivity contribution in [1.29, 1.82) is 0 Å². The van der Waals surface area contributed by atoms with E-state index in [1.165, 1.54) is 16.7 Å². The molecular weight excluding hydrogens is 135 g/mol. The Balaban J connectivity index is 0.000000640. The Hall–Kier alpha value is 0.986. The predicted octanol–water partition coefficient (Wildman–Crippen LogP) is -0.665. The molecule has 0 aliphatic carbocycles. The molecule has 0 spiro atoms. The summed E-state index contributed by atoms with van der Waals surface area (Å²) < 4.78 is 0. The van der Waals surface area contributed by atoms with Gasteiger partial charge in [0.25, 0.3) is 0 Å². The summed E-state index contributed by atoms with van der Waals surface area (Å²) in [5, 5.41) is 0. The minimum atomic E-state index is 0. The van der Waals surface area contributed by atoms with Gasteiger partial charge >= 0.3 is 51.4 Å². The molecule has 0 bridgehead atoms. The number of rotatable bonds is 0. The van der Waals surface area contributed by atoms with Gasteiger partial charge in [-0.15, -0.1) is 0 Å². The Morgan fingerprint density at radius 2 is 1.89 bits per heavy atom. The van der Waals surface area contributed by atoms with Gasteiger partial charge in [-0.05, 0) is 0 Å². The molecule has 0 saturated heterocycles. The van der Waals surface area contributed by atoms with Crippen LogP contribution in [0.4, 0.5) is 0 Å². The van der Waals surface area contributed by atoms with Crippen molar-refractivity contribution in [1.82, 2.24) is 0 Å². The molecule has 0 N–H and O–H groups in total. The maximum absolute atomic E-state index is 2.16. The summed E-state index contributed by atoms with van der Waals surface area (Å²) in [6.07, 6.45) is 0. The Bertz CT molecular complexity index is 167. The van der Waals surface area contributed by atoms with Gasteiger partial charge in [-0.25, -0.2) is 6.07 Å². The second kappa shape index (κ2) is 3.99. The summed E-state index contributed by atoms with van der Waals surface area (Å²) in [5.74, 6) is 0. The summed E-state index contributed by atoms with van der Waals surface area (Å²) in [6.45, 7) is 6.44. The van der Waals surface area contributed by atoms with E-state index < -0.39 is 0 Å². The molecule has 1 rings (SSSR count). The topological polar surface area (TPSA) is 0 Å². The molecule has 0 aromatic heterocycles. The number of aryl methyl sites for hydroxylation is 2. The van der Waals surface area contributed by atoms with Crippen LogP contribution in [0.15, 0.2) is 12.1 Å². The molecule has 9 heavy (non-hydrogen) atoms. The van der Waals surface area contributed by atoms with Crippen molar-refractivity contribution in [3.05, 3.63) is 28.8 Å². The standard InChI is InChI=1S/C8H11.K/c1-6-4-5-7(2)8(6)3;/h4-5H,1-3H3;/q-1;+1. The summed E-state index contributed by atoms with van der Waals surface area (Å²) in [4.78, 5) is 0. The van der Waals surface area contributed by atoms with Crippen molar-refractivity contribution in [2.24, 2.45) is 0 Å². The van der Waals surface area contributed by atoms with Gasteiger partial charge in [-0.3, -0.25) is 0 Å². The predicted molar refractivity (Wildman–Crippen MR) is 36.2 cm³/mol. The van der Waals surface area contributed by atoms with E-state index in [1.54, 1.807) is 0 Å². The van der Waals surface area contributed by atoms with Crippen LogP contribution in [0.3, 0.4) is 0 Å². The zero-order valence-corrected chi connectivity index (χ0v) is 9.78. The summed E-state index contributed by atoms with van der Waals surface area (Å²) >= 11 is 0. The third-order valence-corrected chi connectivity index (χ3v) is 1.77. The zero-order chi connectivity index (χ0) is 6.15. The normalized spacial score (nSPS) is 8.78. The smallest absolute Gasteiger partial charge is 0.210 e. The van der Waals surface area contributed by atoms with E-state index in [0.29, 0.717) is 0 Å². The van der Waals surface area contributed by atoms with Gasteiger partial charge < -0.3 is 0 Å². The third kappa shape index (κ3) is 2.24. The van der Waals surface area contributed by atoms with E-state index in [2.05, 4.69) is 32.9 Å². The van der Waals surface area contributed by atoms with E-state index >= 15 is 0 Å². The van der Waals surface area contributed by atoms with Crippen LogP contribution in [0.1, 0.15) is 16.7 Å². The average molecular weight is 146 g/mol. The largest absolute Gasteiger partial charge is 1.00 e. The first-order chi connectivity index (χ1) is 3.72. The minimum Gasteiger partial charge on any atom is -0.210 e. The van der Waals surface area contributed by atoms with Crippen molar-refractivity contribution in [3.63, 3.8) is 0 Å². The van der Waals surface area contributed by atoms with E-state index in [4.69, 9.17) is 0 Å². The molecule has 44 valence electrons. The SMILES string of the molecule is Cc1cc[c-](C)c1C.[K+]. The third-order valence-electron chi connectivity index (χ3n) is 1.77. The molecule has 0 amide bonds. The van der Waals surface area contributed by atoms with E-state index in [-0.39, 0.29) is 51.4 Å². The maximum atomic E-state index is 2.16. The van der Waals surface area contributed by atoms with E-state index in [0.717, 1.165) is 0 Å². The van der Waals surface area contributed by atoms with Crippen molar-refractivity contribution in [2.75, 3.05) is 0 Å². The van der Waals surface area contributed by atoms with E-state index in [1.807, 2.05) is 0 Å². The Morgan fingerprint density at radius 3 is 2.00 bits per heavy atom. The monoisotopic (exact) mass is 146 g/mol. The van der Waals surface area contributed by atoms with Crippen LogP contribution in [0, 0.1) is 20.8 Å². The van der Waals surface area contributed by atoms with E-state index in [9.17, 15) is 0 Å². The zero-order valence-electron chi connectivity index (χ0n) is 6.65. The molecule has 0 aliphatic heterocycles. The minimum absolute atomic E-state index is 0. The van der Waals surface area contributed by atoms with Crippen LogP contribution in [-0.4, -0.2) is 0 Å². The Kier molecular flexibility index (Phi) is 4.43. The van der Waals surface area contributed by atoms with Crippen LogP contribution in [0.25, 0.3) is 0 Å².